The Morgan fingerprint density at radius 1 is 1.03 bits per heavy atom. The van der Waals surface area contributed by atoms with Crippen LogP contribution < -0.4 is 11.3 Å². The number of carbonyl (C=O) groups is 2. The van der Waals surface area contributed by atoms with Gasteiger partial charge in [0.1, 0.15) is 11.4 Å². The molecule has 0 unspecified atom stereocenters. The molecule has 0 spiro atoms. The number of nitrogens with zero attached hydrogens (tertiary/aromatic N) is 3. The molecule has 2 aromatic carbocycles. The summed E-state index contributed by atoms with van der Waals surface area (Å²) in [7, 11) is 0. The normalized spacial score (nSPS) is 10.9. The van der Waals surface area contributed by atoms with Crippen LogP contribution in [0.5, 0.6) is 0 Å². The average Bonchev–Trinajstić information content (AvgIpc) is 3.24. The molecule has 2 heterocycles. The molecule has 0 atom stereocenters. The lowest BCUT2D eigenvalue weighted by Gasteiger charge is -2.23. The monoisotopic (exact) mass is 446 g/mol. The second kappa shape index (κ2) is 9.57. The number of hydrogen-bond donors (Lipinski definition) is 1. The first-order valence-corrected chi connectivity index (χ1v) is 11.0. The van der Waals surface area contributed by atoms with E-state index in [1.807, 2.05) is 66.0 Å². The Morgan fingerprint density at radius 2 is 1.72 bits per heavy atom. The van der Waals surface area contributed by atoms with Crippen molar-refractivity contribution < 1.29 is 9.59 Å². The van der Waals surface area contributed by atoms with Crippen molar-refractivity contribution in [2.45, 2.75) is 19.5 Å². The van der Waals surface area contributed by atoms with Gasteiger partial charge in [-0.25, -0.2) is 4.98 Å². The van der Waals surface area contributed by atoms with Gasteiger partial charge in [0.2, 0.25) is 11.8 Å². The standard InChI is InChI=1S/C24H22N4O3S/c25-20(29)11-12-27(13-17-7-3-1-4-8-17)21(30)14-28-16-26-23-22(24(28)31)19(15-32-23)18-9-5-2-6-10-18/h1-10,15-16H,11-14H2,(H2,25,29). The van der Waals surface area contributed by atoms with Gasteiger partial charge in [-0.3, -0.25) is 19.0 Å². The lowest BCUT2D eigenvalue weighted by atomic mass is 10.1. The van der Waals surface area contributed by atoms with Crippen molar-refractivity contribution in [2.24, 2.45) is 5.73 Å². The van der Waals surface area contributed by atoms with E-state index in [1.54, 1.807) is 4.90 Å². The van der Waals surface area contributed by atoms with Crippen molar-refractivity contribution in [3.63, 3.8) is 0 Å². The minimum absolute atomic E-state index is 0.0491. The third kappa shape index (κ3) is 4.76. The fourth-order valence-electron chi connectivity index (χ4n) is 3.50. The van der Waals surface area contributed by atoms with Gasteiger partial charge in [-0.05, 0) is 11.1 Å². The van der Waals surface area contributed by atoms with Crippen molar-refractivity contribution in [1.29, 1.82) is 0 Å². The van der Waals surface area contributed by atoms with E-state index in [2.05, 4.69) is 4.98 Å². The first-order valence-electron chi connectivity index (χ1n) is 10.1. The van der Waals surface area contributed by atoms with E-state index in [-0.39, 0.29) is 31.0 Å². The van der Waals surface area contributed by atoms with Gasteiger partial charge in [-0.1, -0.05) is 60.7 Å². The SMILES string of the molecule is NC(=O)CCN(Cc1ccccc1)C(=O)Cn1cnc2scc(-c3ccccc3)c2c1=O. The lowest BCUT2D eigenvalue weighted by molar-refractivity contribution is -0.133. The molecule has 32 heavy (non-hydrogen) atoms. The van der Waals surface area contributed by atoms with Crippen molar-refractivity contribution in [1.82, 2.24) is 14.5 Å². The quantitative estimate of drug-likeness (QED) is 0.450. The second-order valence-electron chi connectivity index (χ2n) is 7.39. The zero-order chi connectivity index (χ0) is 22.5. The number of fused-ring (bicyclic) bond motifs is 1. The molecule has 2 aromatic heterocycles. The summed E-state index contributed by atoms with van der Waals surface area (Å²) in [5.74, 6) is -0.767. The fourth-order valence-corrected chi connectivity index (χ4v) is 4.40. The molecule has 0 saturated carbocycles. The molecule has 2 amide bonds. The number of carbonyl (C=O) groups excluding carboxylic acids is 2. The van der Waals surface area contributed by atoms with Crippen molar-refractivity contribution >= 4 is 33.4 Å². The Morgan fingerprint density at radius 3 is 2.41 bits per heavy atom. The van der Waals surface area contributed by atoms with E-state index in [1.165, 1.54) is 22.2 Å². The zero-order valence-corrected chi connectivity index (χ0v) is 18.1. The summed E-state index contributed by atoms with van der Waals surface area (Å²) < 4.78 is 1.33. The van der Waals surface area contributed by atoms with E-state index in [4.69, 9.17) is 5.73 Å². The minimum atomic E-state index is -0.484. The van der Waals surface area contributed by atoms with E-state index in [9.17, 15) is 14.4 Å². The van der Waals surface area contributed by atoms with Crippen LogP contribution in [0.4, 0.5) is 0 Å². The number of hydrogen-bond acceptors (Lipinski definition) is 5. The molecule has 0 aliphatic carbocycles. The molecule has 0 fully saturated rings. The zero-order valence-electron chi connectivity index (χ0n) is 17.3. The molecule has 8 heteroatoms. The summed E-state index contributed by atoms with van der Waals surface area (Å²) in [6.45, 7) is 0.337. The average molecular weight is 447 g/mol. The van der Waals surface area contributed by atoms with Crippen molar-refractivity contribution in [2.75, 3.05) is 6.54 Å². The Kier molecular flexibility index (Phi) is 6.42. The first-order chi connectivity index (χ1) is 15.5. The molecule has 0 bridgehead atoms. The number of aromatic nitrogens is 2. The number of amides is 2. The maximum atomic E-state index is 13.3. The largest absolute Gasteiger partial charge is 0.370 e. The fraction of sp³-hybridized carbons (Fsp3) is 0.167. The highest BCUT2D eigenvalue weighted by molar-refractivity contribution is 7.17. The number of rotatable bonds is 8. The molecule has 4 aromatic rings. The second-order valence-corrected chi connectivity index (χ2v) is 8.25. The molecule has 2 N–H and O–H groups in total. The van der Waals surface area contributed by atoms with Gasteiger partial charge in [0.15, 0.2) is 0 Å². The highest BCUT2D eigenvalue weighted by Crippen LogP contribution is 2.30. The van der Waals surface area contributed by atoms with Gasteiger partial charge < -0.3 is 10.6 Å². The molecule has 162 valence electrons. The van der Waals surface area contributed by atoms with Crippen LogP contribution in [-0.2, 0) is 22.7 Å². The van der Waals surface area contributed by atoms with E-state index in [0.29, 0.717) is 16.8 Å². The molecular formula is C24H22N4O3S. The number of thiophene rings is 1. The topological polar surface area (TPSA) is 98.3 Å². The smallest absolute Gasteiger partial charge is 0.263 e. The lowest BCUT2D eigenvalue weighted by Crippen LogP contribution is -2.38. The van der Waals surface area contributed by atoms with Crippen LogP contribution in [0.2, 0.25) is 0 Å². The number of benzene rings is 2. The van der Waals surface area contributed by atoms with Crippen molar-refractivity contribution in [3.05, 3.63) is 88.3 Å². The van der Waals surface area contributed by atoms with Crippen molar-refractivity contribution in [3.8, 4) is 11.1 Å². The molecule has 0 aliphatic rings. The van der Waals surface area contributed by atoms with E-state index >= 15 is 0 Å². The third-order valence-electron chi connectivity index (χ3n) is 5.15. The maximum absolute atomic E-state index is 13.3. The van der Waals surface area contributed by atoms with E-state index < -0.39 is 5.91 Å². The number of primary amides is 1. The molecular weight excluding hydrogens is 424 g/mol. The number of nitrogens with two attached hydrogens (primary N) is 1. The predicted octanol–water partition coefficient (Wildman–Crippen LogP) is 3.03. The van der Waals surface area contributed by atoms with Crippen LogP contribution in [0.15, 0.2) is 77.2 Å². The first kappa shape index (κ1) is 21.5. The van der Waals surface area contributed by atoms with Gasteiger partial charge in [0, 0.05) is 30.5 Å². The third-order valence-corrected chi connectivity index (χ3v) is 6.03. The predicted molar refractivity (Wildman–Crippen MR) is 125 cm³/mol. The highest BCUT2D eigenvalue weighted by Gasteiger charge is 2.19. The molecule has 0 saturated heterocycles. The van der Waals surface area contributed by atoms with Gasteiger partial charge >= 0.3 is 0 Å². The van der Waals surface area contributed by atoms with Crippen LogP contribution in [0, 0.1) is 0 Å². The van der Waals surface area contributed by atoms with Crippen LogP contribution >= 0.6 is 11.3 Å². The Bertz CT molecular complexity index is 1300. The van der Waals surface area contributed by atoms with Crippen LogP contribution in [-0.4, -0.2) is 32.8 Å². The summed E-state index contributed by atoms with van der Waals surface area (Å²) in [4.78, 5) is 44.2. The van der Waals surface area contributed by atoms with Crippen LogP contribution in [0.25, 0.3) is 21.3 Å². The summed E-state index contributed by atoms with van der Waals surface area (Å²) >= 11 is 1.40. The maximum Gasteiger partial charge on any atom is 0.263 e. The summed E-state index contributed by atoms with van der Waals surface area (Å²) in [5, 5.41) is 2.41. The highest BCUT2D eigenvalue weighted by atomic mass is 32.1. The molecule has 7 nitrogen and oxygen atoms in total. The summed E-state index contributed by atoms with van der Waals surface area (Å²) in [6.07, 6.45) is 1.45. The van der Waals surface area contributed by atoms with Gasteiger partial charge in [0.05, 0.1) is 11.7 Å². The van der Waals surface area contributed by atoms with Crippen LogP contribution in [0.1, 0.15) is 12.0 Å². The van der Waals surface area contributed by atoms with Gasteiger partial charge in [-0.15, -0.1) is 11.3 Å². The van der Waals surface area contributed by atoms with Gasteiger partial charge in [-0.2, -0.15) is 0 Å². The van der Waals surface area contributed by atoms with E-state index in [0.717, 1.165) is 16.7 Å². The molecule has 0 radical (unpaired) electrons. The van der Waals surface area contributed by atoms with Crippen LogP contribution in [0.3, 0.4) is 0 Å². The summed E-state index contributed by atoms with van der Waals surface area (Å²) in [5.41, 5.74) is 7.68. The summed E-state index contributed by atoms with van der Waals surface area (Å²) in [6, 6.07) is 19.1. The Hall–Kier alpha value is -3.78. The van der Waals surface area contributed by atoms with Gasteiger partial charge in [0.25, 0.3) is 5.56 Å². The molecule has 0 aliphatic heterocycles. The Balaban J connectivity index is 1.63. The Labute approximate surface area is 188 Å². The molecule has 4 rings (SSSR count). The minimum Gasteiger partial charge on any atom is -0.370 e.